The number of rotatable bonds is 8. The minimum absolute atomic E-state index is 0.0634. The molecular weight excluding hydrogens is 348 g/mol. The van der Waals surface area contributed by atoms with Crippen LogP contribution in [0.3, 0.4) is 0 Å². The molecule has 0 spiro atoms. The van der Waals surface area contributed by atoms with E-state index in [1.54, 1.807) is 35.4 Å². The fourth-order valence-electron chi connectivity index (χ4n) is 2.59. The number of hydrogen-bond donors (Lipinski definition) is 0. The van der Waals surface area contributed by atoms with Crippen molar-refractivity contribution in [3.8, 4) is 5.75 Å². The van der Waals surface area contributed by atoms with Crippen molar-refractivity contribution in [2.75, 3.05) is 6.61 Å². The van der Waals surface area contributed by atoms with Gasteiger partial charge in [-0.1, -0.05) is 42.5 Å². The van der Waals surface area contributed by atoms with Crippen molar-refractivity contribution < 1.29 is 18.9 Å². The number of benzene rings is 2. The zero-order chi connectivity index (χ0) is 19.1. The standard InChI is InChI=1S/C20H18N2O5/c23-20(15-27-19-11-5-4-10-18(19)22(24)25)21(14-17-9-6-12-26-17)13-16-7-2-1-3-8-16/h1-12H,13-15H2. The van der Waals surface area contributed by atoms with Gasteiger partial charge in [0.1, 0.15) is 5.76 Å². The summed E-state index contributed by atoms with van der Waals surface area (Å²) < 4.78 is 10.8. The third-order valence-corrected chi connectivity index (χ3v) is 3.91. The van der Waals surface area contributed by atoms with Gasteiger partial charge in [0.2, 0.25) is 0 Å². The number of nitro groups is 1. The fraction of sp³-hybridized carbons (Fsp3) is 0.150. The zero-order valence-corrected chi connectivity index (χ0v) is 14.5. The predicted octanol–water partition coefficient (Wildman–Crippen LogP) is 3.80. The minimum atomic E-state index is -0.537. The number of ether oxygens (including phenoxy) is 1. The first-order valence-corrected chi connectivity index (χ1v) is 8.34. The molecule has 1 heterocycles. The second-order valence-corrected chi connectivity index (χ2v) is 5.83. The van der Waals surface area contributed by atoms with E-state index in [1.165, 1.54) is 12.1 Å². The van der Waals surface area contributed by atoms with Crippen molar-refractivity contribution in [3.63, 3.8) is 0 Å². The molecule has 0 aliphatic carbocycles. The molecule has 2 aromatic carbocycles. The lowest BCUT2D eigenvalue weighted by Gasteiger charge is -2.22. The third kappa shape index (κ3) is 4.94. The quantitative estimate of drug-likeness (QED) is 0.447. The van der Waals surface area contributed by atoms with Crippen LogP contribution in [0.5, 0.6) is 5.75 Å². The van der Waals surface area contributed by atoms with E-state index in [9.17, 15) is 14.9 Å². The summed E-state index contributed by atoms with van der Waals surface area (Å²) in [5.74, 6) is 0.409. The second kappa shape index (κ2) is 8.66. The molecule has 0 saturated carbocycles. The largest absolute Gasteiger partial charge is 0.477 e. The van der Waals surface area contributed by atoms with Gasteiger partial charge >= 0.3 is 5.69 Å². The Morgan fingerprint density at radius 1 is 1.00 bits per heavy atom. The molecule has 0 unspecified atom stereocenters. The van der Waals surface area contributed by atoms with Crippen LogP contribution in [-0.2, 0) is 17.9 Å². The average Bonchev–Trinajstić information content (AvgIpc) is 3.19. The summed E-state index contributed by atoms with van der Waals surface area (Å²) >= 11 is 0. The summed E-state index contributed by atoms with van der Waals surface area (Å²) in [5, 5.41) is 11.1. The SMILES string of the molecule is O=C(COc1ccccc1[N+](=O)[O-])N(Cc1ccccc1)Cc1ccco1. The lowest BCUT2D eigenvalue weighted by atomic mass is 10.2. The number of nitro benzene ring substituents is 1. The van der Waals surface area contributed by atoms with E-state index in [0.29, 0.717) is 12.3 Å². The van der Waals surface area contributed by atoms with Gasteiger partial charge in [0, 0.05) is 12.6 Å². The van der Waals surface area contributed by atoms with Gasteiger partial charge in [-0.15, -0.1) is 0 Å². The summed E-state index contributed by atoms with van der Waals surface area (Å²) in [6, 6.07) is 19.1. The Bertz CT molecular complexity index is 894. The maximum Gasteiger partial charge on any atom is 0.310 e. The van der Waals surface area contributed by atoms with Crippen LogP contribution in [0.2, 0.25) is 0 Å². The van der Waals surface area contributed by atoms with Crippen molar-refractivity contribution in [1.82, 2.24) is 4.90 Å². The lowest BCUT2D eigenvalue weighted by molar-refractivity contribution is -0.385. The van der Waals surface area contributed by atoms with E-state index in [0.717, 1.165) is 5.56 Å². The van der Waals surface area contributed by atoms with Crippen molar-refractivity contribution in [2.45, 2.75) is 13.1 Å². The first-order valence-electron chi connectivity index (χ1n) is 8.34. The molecule has 27 heavy (non-hydrogen) atoms. The van der Waals surface area contributed by atoms with E-state index < -0.39 is 4.92 Å². The molecule has 3 aromatic rings. The van der Waals surface area contributed by atoms with Crippen LogP contribution >= 0.6 is 0 Å². The molecule has 138 valence electrons. The molecule has 7 heteroatoms. The van der Waals surface area contributed by atoms with Crippen molar-refractivity contribution >= 4 is 11.6 Å². The Balaban J connectivity index is 1.71. The number of para-hydroxylation sites is 2. The monoisotopic (exact) mass is 366 g/mol. The lowest BCUT2D eigenvalue weighted by Crippen LogP contribution is -2.34. The van der Waals surface area contributed by atoms with Crippen LogP contribution in [0.15, 0.2) is 77.4 Å². The number of carbonyl (C=O) groups excluding carboxylic acids is 1. The number of carbonyl (C=O) groups is 1. The smallest absolute Gasteiger partial charge is 0.310 e. The fourth-order valence-corrected chi connectivity index (χ4v) is 2.59. The molecule has 0 bridgehead atoms. The second-order valence-electron chi connectivity index (χ2n) is 5.83. The highest BCUT2D eigenvalue weighted by molar-refractivity contribution is 5.78. The maximum atomic E-state index is 12.7. The number of nitrogens with zero attached hydrogens (tertiary/aromatic N) is 2. The first kappa shape index (κ1) is 18.2. The van der Waals surface area contributed by atoms with Crippen LogP contribution in [-0.4, -0.2) is 22.3 Å². The summed E-state index contributed by atoms with van der Waals surface area (Å²) in [4.78, 5) is 24.8. The summed E-state index contributed by atoms with van der Waals surface area (Å²) in [6.45, 7) is 0.347. The topological polar surface area (TPSA) is 85.8 Å². The molecule has 1 aromatic heterocycles. The van der Waals surface area contributed by atoms with Gasteiger partial charge in [-0.3, -0.25) is 14.9 Å². The Labute approximate surface area is 155 Å². The molecular formula is C20H18N2O5. The summed E-state index contributed by atoms with van der Waals surface area (Å²) in [5.41, 5.74) is 0.786. The number of furan rings is 1. The van der Waals surface area contributed by atoms with E-state index in [1.807, 2.05) is 30.3 Å². The molecule has 0 aliphatic rings. The van der Waals surface area contributed by atoms with Crippen LogP contribution in [0.1, 0.15) is 11.3 Å². The van der Waals surface area contributed by atoms with Gasteiger partial charge in [0.05, 0.1) is 17.7 Å². The van der Waals surface area contributed by atoms with Crippen molar-refractivity contribution in [1.29, 1.82) is 0 Å². The van der Waals surface area contributed by atoms with Crippen molar-refractivity contribution in [2.24, 2.45) is 0 Å². The molecule has 0 atom stereocenters. The highest BCUT2D eigenvalue weighted by Gasteiger charge is 2.19. The van der Waals surface area contributed by atoms with Crippen LogP contribution in [0.25, 0.3) is 0 Å². The predicted molar refractivity (Wildman–Crippen MR) is 98.0 cm³/mol. The van der Waals surface area contributed by atoms with Gasteiger partial charge in [-0.05, 0) is 23.8 Å². The first-order chi connectivity index (χ1) is 13.1. The van der Waals surface area contributed by atoms with E-state index in [-0.39, 0.29) is 30.5 Å². The van der Waals surface area contributed by atoms with Gasteiger partial charge < -0.3 is 14.1 Å². The van der Waals surface area contributed by atoms with Crippen molar-refractivity contribution in [3.05, 3.63) is 94.4 Å². The molecule has 7 nitrogen and oxygen atoms in total. The Hall–Kier alpha value is -3.61. The molecule has 1 amide bonds. The molecule has 0 radical (unpaired) electrons. The van der Waals surface area contributed by atoms with E-state index in [4.69, 9.17) is 9.15 Å². The normalized spacial score (nSPS) is 10.4. The van der Waals surface area contributed by atoms with Crippen LogP contribution in [0, 0.1) is 10.1 Å². The molecule has 0 saturated heterocycles. The van der Waals surface area contributed by atoms with Gasteiger partial charge in [0.25, 0.3) is 5.91 Å². The Morgan fingerprint density at radius 2 is 1.74 bits per heavy atom. The summed E-state index contributed by atoms with van der Waals surface area (Å²) in [6.07, 6.45) is 1.55. The Morgan fingerprint density at radius 3 is 2.44 bits per heavy atom. The summed E-state index contributed by atoms with van der Waals surface area (Å²) in [7, 11) is 0. The number of hydrogen-bond acceptors (Lipinski definition) is 5. The van der Waals surface area contributed by atoms with Crippen LogP contribution < -0.4 is 4.74 Å². The van der Waals surface area contributed by atoms with E-state index >= 15 is 0 Å². The third-order valence-electron chi connectivity index (χ3n) is 3.91. The molecule has 0 N–H and O–H groups in total. The van der Waals surface area contributed by atoms with E-state index in [2.05, 4.69) is 0 Å². The van der Waals surface area contributed by atoms with Gasteiger partial charge in [-0.25, -0.2) is 0 Å². The Kier molecular flexibility index (Phi) is 5.84. The van der Waals surface area contributed by atoms with Gasteiger partial charge in [-0.2, -0.15) is 0 Å². The van der Waals surface area contributed by atoms with Gasteiger partial charge in [0.15, 0.2) is 12.4 Å². The average molecular weight is 366 g/mol. The van der Waals surface area contributed by atoms with Crippen LogP contribution in [0.4, 0.5) is 5.69 Å². The highest BCUT2D eigenvalue weighted by atomic mass is 16.6. The molecule has 0 fully saturated rings. The minimum Gasteiger partial charge on any atom is -0.477 e. The molecule has 0 aliphatic heterocycles. The zero-order valence-electron chi connectivity index (χ0n) is 14.5. The molecule has 3 rings (SSSR count). The maximum absolute atomic E-state index is 12.7. The number of amides is 1. The highest BCUT2D eigenvalue weighted by Crippen LogP contribution is 2.25.